The van der Waals surface area contributed by atoms with Gasteiger partial charge in [-0.1, -0.05) is 32.0 Å². The lowest BCUT2D eigenvalue weighted by molar-refractivity contribution is 0.104. The molecule has 0 spiro atoms. The molecule has 1 N–H and O–H groups in total. The molecule has 25 heavy (non-hydrogen) atoms. The number of hydrogen-bond acceptors (Lipinski definition) is 4. The smallest absolute Gasteiger partial charge is 0.187 e. The van der Waals surface area contributed by atoms with Crippen LogP contribution in [0.4, 0.5) is 5.69 Å². The number of anilines is 1. The van der Waals surface area contributed by atoms with E-state index >= 15 is 0 Å². The molecule has 0 aliphatic carbocycles. The van der Waals surface area contributed by atoms with Gasteiger partial charge < -0.3 is 14.8 Å². The summed E-state index contributed by atoms with van der Waals surface area (Å²) < 4.78 is 10.4. The van der Waals surface area contributed by atoms with Crippen molar-refractivity contribution >= 4 is 11.5 Å². The number of benzene rings is 2. The fourth-order valence-electron chi connectivity index (χ4n) is 2.71. The molecule has 0 atom stereocenters. The van der Waals surface area contributed by atoms with E-state index < -0.39 is 0 Å². The molecule has 4 heteroatoms. The van der Waals surface area contributed by atoms with Gasteiger partial charge in [-0.25, -0.2) is 0 Å². The van der Waals surface area contributed by atoms with Crippen molar-refractivity contribution < 1.29 is 14.3 Å². The molecule has 0 saturated carbocycles. The zero-order valence-electron chi connectivity index (χ0n) is 15.3. The summed E-state index contributed by atoms with van der Waals surface area (Å²) in [4.78, 5) is 12.4. The molecule has 0 radical (unpaired) electrons. The Labute approximate surface area is 149 Å². The van der Waals surface area contributed by atoms with Gasteiger partial charge in [-0.3, -0.25) is 4.79 Å². The molecule has 0 bridgehead atoms. The van der Waals surface area contributed by atoms with Crippen molar-refractivity contribution in [2.45, 2.75) is 26.7 Å². The number of hydrogen-bond donors (Lipinski definition) is 1. The molecule has 0 fully saturated rings. The summed E-state index contributed by atoms with van der Waals surface area (Å²) in [6.07, 6.45) is 5.11. The predicted octanol–water partition coefficient (Wildman–Crippen LogP) is 4.64. The zero-order chi connectivity index (χ0) is 18.2. The van der Waals surface area contributed by atoms with Crippen molar-refractivity contribution in [2.24, 2.45) is 0 Å². The topological polar surface area (TPSA) is 47.6 Å². The van der Waals surface area contributed by atoms with Gasteiger partial charge >= 0.3 is 0 Å². The lowest BCUT2D eigenvalue weighted by atomic mass is 10.0. The monoisotopic (exact) mass is 339 g/mol. The average molecular weight is 339 g/mol. The summed E-state index contributed by atoms with van der Waals surface area (Å²) in [6.45, 7) is 4.25. The molecular weight excluding hydrogens is 314 g/mol. The second-order valence-electron chi connectivity index (χ2n) is 5.57. The van der Waals surface area contributed by atoms with Crippen molar-refractivity contribution in [2.75, 3.05) is 19.5 Å². The molecule has 0 aromatic heterocycles. The molecule has 0 amide bonds. The number of carbonyl (C=O) groups is 1. The van der Waals surface area contributed by atoms with E-state index in [1.165, 1.54) is 17.2 Å². The molecule has 0 aliphatic rings. The van der Waals surface area contributed by atoms with E-state index in [1.807, 2.05) is 0 Å². The van der Waals surface area contributed by atoms with E-state index in [-0.39, 0.29) is 5.78 Å². The van der Waals surface area contributed by atoms with Gasteiger partial charge in [0.2, 0.25) is 0 Å². The van der Waals surface area contributed by atoms with Crippen LogP contribution < -0.4 is 14.8 Å². The molecule has 2 rings (SSSR count). The maximum atomic E-state index is 12.4. The van der Waals surface area contributed by atoms with E-state index in [1.54, 1.807) is 38.6 Å². The Morgan fingerprint density at radius 1 is 1.00 bits per heavy atom. The Balaban J connectivity index is 2.17. The van der Waals surface area contributed by atoms with Crippen LogP contribution in [0, 0.1) is 0 Å². The highest BCUT2D eigenvalue weighted by Crippen LogP contribution is 2.28. The quantitative estimate of drug-likeness (QED) is 0.562. The van der Waals surface area contributed by atoms with Crippen LogP contribution in [0.15, 0.2) is 48.7 Å². The largest absolute Gasteiger partial charge is 0.493 e. The molecule has 0 saturated heterocycles. The minimum atomic E-state index is -0.0968. The zero-order valence-corrected chi connectivity index (χ0v) is 15.3. The van der Waals surface area contributed by atoms with Crippen LogP contribution in [0.25, 0.3) is 0 Å². The summed E-state index contributed by atoms with van der Waals surface area (Å²) in [6, 6.07) is 11.4. The fraction of sp³-hybridized carbons (Fsp3) is 0.286. The second kappa shape index (κ2) is 8.92. The van der Waals surface area contributed by atoms with Crippen molar-refractivity contribution in [3.8, 4) is 11.5 Å². The van der Waals surface area contributed by atoms with Crippen molar-refractivity contribution in [3.63, 3.8) is 0 Å². The van der Waals surface area contributed by atoms with Crippen LogP contribution in [0.2, 0.25) is 0 Å². The van der Waals surface area contributed by atoms with Crippen LogP contribution in [-0.2, 0) is 12.8 Å². The first-order valence-corrected chi connectivity index (χ1v) is 8.44. The van der Waals surface area contributed by atoms with E-state index in [9.17, 15) is 4.79 Å². The van der Waals surface area contributed by atoms with Crippen molar-refractivity contribution in [3.05, 3.63) is 65.4 Å². The van der Waals surface area contributed by atoms with Gasteiger partial charge in [0.05, 0.1) is 14.2 Å². The first-order valence-electron chi connectivity index (χ1n) is 8.44. The minimum Gasteiger partial charge on any atom is -0.493 e. The third-order valence-corrected chi connectivity index (χ3v) is 4.13. The highest BCUT2D eigenvalue weighted by atomic mass is 16.5. The SMILES string of the molecule is CCc1cccc(CC)c1N/C=C/C(=O)c1ccc(OC)c(OC)c1. The number of ketones is 1. The van der Waals surface area contributed by atoms with Crippen LogP contribution in [0.3, 0.4) is 0 Å². The van der Waals surface area contributed by atoms with Gasteiger partial charge in [0.15, 0.2) is 17.3 Å². The summed E-state index contributed by atoms with van der Waals surface area (Å²) in [5, 5.41) is 3.28. The molecule has 0 heterocycles. The lowest BCUT2D eigenvalue weighted by Gasteiger charge is -2.12. The van der Waals surface area contributed by atoms with Crippen molar-refractivity contribution in [1.82, 2.24) is 0 Å². The number of aryl methyl sites for hydroxylation is 2. The summed E-state index contributed by atoms with van der Waals surface area (Å²) in [5.74, 6) is 1.05. The summed E-state index contributed by atoms with van der Waals surface area (Å²) in [5.41, 5.74) is 4.11. The van der Waals surface area contributed by atoms with E-state index in [0.29, 0.717) is 17.1 Å². The number of rotatable bonds is 8. The first-order chi connectivity index (χ1) is 12.1. The Kier molecular flexibility index (Phi) is 6.63. The second-order valence-corrected chi connectivity index (χ2v) is 5.57. The lowest BCUT2D eigenvalue weighted by Crippen LogP contribution is -2.01. The molecule has 132 valence electrons. The van der Waals surface area contributed by atoms with Gasteiger partial charge in [0.1, 0.15) is 0 Å². The number of para-hydroxylation sites is 1. The molecule has 2 aromatic carbocycles. The number of carbonyl (C=O) groups excluding carboxylic acids is 1. The summed E-state index contributed by atoms with van der Waals surface area (Å²) in [7, 11) is 3.12. The van der Waals surface area contributed by atoms with Gasteiger partial charge in [-0.2, -0.15) is 0 Å². The Bertz CT molecular complexity index is 743. The summed E-state index contributed by atoms with van der Waals surface area (Å²) >= 11 is 0. The van der Waals surface area contributed by atoms with E-state index in [4.69, 9.17) is 9.47 Å². The molecule has 0 unspecified atom stereocenters. The minimum absolute atomic E-state index is 0.0968. The molecular formula is C21H25NO3. The van der Waals surface area contributed by atoms with Crippen LogP contribution in [-0.4, -0.2) is 20.0 Å². The van der Waals surface area contributed by atoms with Gasteiger partial charge in [-0.05, 0) is 42.2 Å². The Morgan fingerprint density at radius 3 is 2.20 bits per heavy atom. The Hall–Kier alpha value is -2.75. The Morgan fingerprint density at radius 2 is 1.64 bits per heavy atom. The molecule has 4 nitrogen and oxygen atoms in total. The first kappa shape index (κ1) is 18.6. The van der Waals surface area contributed by atoms with E-state index in [2.05, 4.69) is 37.4 Å². The predicted molar refractivity (Wildman–Crippen MR) is 102 cm³/mol. The fourth-order valence-corrected chi connectivity index (χ4v) is 2.71. The third-order valence-electron chi connectivity index (χ3n) is 4.13. The highest BCUT2D eigenvalue weighted by molar-refractivity contribution is 6.05. The van der Waals surface area contributed by atoms with Gasteiger partial charge in [0, 0.05) is 23.5 Å². The molecule has 2 aromatic rings. The van der Waals surface area contributed by atoms with Crippen LogP contribution in [0.5, 0.6) is 11.5 Å². The highest BCUT2D eigenvalue weighted by Gasteiger charge is 2.09. The van der Waals surface area contributed by atoms with Gasteiger partial charge in [0.25, 0.3) is 0 Å². The number of ether oxygens (including phenoxy) is 2. The van der Waals surface area contributed by atoms with Crippen LogP contribution >= 0.6 is 0 Å². The number of methoxy groups -OCH3 is 2. The van der Waals surface area contributed by atoms with Crippen molar-refractivity contribution in [1.29, 1.82) is 0 Å². The standard InChI is InChI=1S/C21H25NO3/c1-5-15-8-7-9-16(6-2)21(15)22-13-12-18(23)17-10-11-19(24-3)20(14-17)25-4/h7-14,22H,5-6H2,1-4H3/b13-12+. The van der Waals surface area contributed by atoms with Crippen LogP contribution in [0.1, 0.15) is 35.3 Å². The number of nitrogens with one attached hydrogen (secondary N) is 1. The third kappa shape index (κ3) is 4.41. The normalized spacial score (nSPS) is 10.7. The maximum Gasteiger partial charge on any atom is 0.187 e. The number of allylic oxidation sites excluding steroid dienone is 1. The average Bonchev–Trinajstić information content (AvgIpc) is 2.67. The maximum absolute atomic E-state index is 12.4. The van der Waals surface area contributed by atoms with Gasteiger partial charge in [-0.15, -0.1) is 0 Å². The molecule has 0 aliphatic heterocycles. The van der Waals surface area contributed by atoms with E-state index in [0.717, 1.165) is 18.5 Å².